The number of guanidine groups is 1. The van der Waals surface area contributed by atoms with Crippen LogP contribution in [0.3, 0.4) is 0 Å². The maximum atomic E-state index is 11.8. The van der Waals surface area contributed by atoms with Crippen LogP contribution in [0.4, 0.5) is 0 Å². The lowest BCUT2D eigenvalue weighted by molar-refractivity contribution is -0.128. The first-order valence-corrected chi connectivity index (χ1v) is 9.56. The number of amides is 1. The molecule has 0 radical (unpaired) electrons. The van der Waals surface area contributed by atoms with E-state index in [1.54, 1.807) is 7.05 Å². The summed E-state index contributed by atoms with van der Waals surface area (Å²) in [5.41, 5.74) is 3.46. The Bertz CT molecular complexity index is 804. The minimum atomic E-state index is 0.255. The number of rotatable bonds is 6. The van der Waals surface area contributed by atoms with Crippen LogP contribution in [0.1, 0.15) is 29.5 Å². The van der Waals surface area contributed by atoms with Gasteiger partial charge in [-0.1, -0.05) is 48.0 Å². The van der Waals surface area contributed by atoms with Gasteiger partial charge >= 0.3 is 0 Å². The van der Waals surface area contributed by atoms with E-state index in [4.69, 9.17) is 11.6 Å². The number of hydrogen-bond acceptors (Lipinski definition) is 2. The van der Waals surface area contributed by atoms with Crippen LogP contribution >= 0.6 is 11.6 Å². The molecular formula is C21H25ClN4O. The molecule has 0 spiro atoms. The second kappa shape index (κ2) is 9.42. The maximum absolute atomic E-state index is 11.8. The van der Waals surface area contributed by atoms with Gasteiger partial charge in [-0.25, -0.2) is 0 Å². The van der Waals surface area contributed by atoms with E-state index < -0.39 is 0 Å². The second-order valence-electron chi connectivity index (χ2n) is 6.64. The molecular weight excluding hydrogens is 360 g/mol. The predicted octanol–water partition coefficient (Wildman–Crippen LogP) is 3.33. The summed E-state index contributed by atoms with van der Waals surface area (Å²) in [5.74, 6) is 0.996. The molecule has 0 unspecified atom stereocenters. The number of aliphatic imine (C=N–C) groups is 1. The lowest BCUT2D eigenvalue weighted by Crippen LogP contribution is -2.36. The molecule has 6 heteroatoms. The van der Waals surface area contributed by atoms with Crippen LogP contribution in [-0.2, 0) is 24.4 Å². The fraction of sp³-hybridized carbons (Fsp3) is 0.333. The molecule has 0 aromatic heterocycles. The highest BCUT2D eigenvalue weighted by Crippen LogP contribution is 2.15. The fourth-order valence-corrected chi connectivity index (χ4v) is 3.25. The number of hydrogen-bond donors (Lipinski definition) is 2. The molecule has 3 rings (SSSR count). The number of halogens is 1. The number of nitrogens with zero attached hydrogens (tertiary/aromatic N) is 2. The highest BCUT2D eigenvalue weighted by Gasteiger charge is 2.19. The van der Waals surface area contributed by atoms with Crippen molar-refractivity contribution in [2.45, 2.75) is 32.5 Å². The zero-order valence-corrected chi connectivity index (χ0v) is 16.3. The third-order valence-electron chi connectivity index (χ3n) is 4.59. The molecule has 0 bridgehead atoms. The van der Waals surface area contributed by atoms with E-state index in [2.05, 4.69) is 33.8 Å². The van der Waals surface area contributed by atoms with Gasteiger partial charge in [0.15, 0.2) is 5.96 Å². The highest BCUT2D eigenvalue weighted by atomic mass is 35.5. The molecule has 1 aliphatic rings. The normalized spacial score (nSPS) is 14.5. The summed E-state index contributed by atoms with van der Waals surface area (Å²) >= 11 is 5.92. The van der Waals surface area contributed by atoms with Crippen molar-refractivity contribution in [1.82, 2.24) is 15.5 Å². The number of likely N-dealkylation sites (tertiary alicyclic amines) is 1. The van der Waals surface area contributed by atoms with E-state index in [0.717, 1.165) is 40.6 Å². The Morgan fingerprint density at radius 1 is 1.07 bits per heavy atom. The van der Waals surface area contributed by atoms with E-state index in [1.165, 1.54) is 0 Å². The number of nitrogens with one attached hydrogen (secondary N) is 2. The van der Waals surface area contributed by atoms with Crippen molar-refractivity contribution in [1.29, 1.82) is 0 Å². The quantitative estimate of drug-likeness (QED) is 0.593. The van der Waals surface area contributed by atoms with Crippen LogP contribution in [0.15, 0.2) is 53.5 Å². The fourth-order valence-electron chi connectivity index (χ4n) is 3.12. The molecule has 2 aromatic rings. The summed E-state index contributed by atoms with van der Waals surface area (Å²) in [7, 11) is 1.76. The molecule has 0 saturated carbocycles. The number of carbonyl (C=O) groups excluding carboxylic acids is 1. The molecule has 5 nitrogen and oxygen atoms in total. The van der Waals surface area contributed by atoms with Gasteiger partial charge in [0.1, 0.15) is 0 Å². The van der Waals surface area contributed by atoms with Gasteiger partial charge in [0.05, 0.1) is 0 Å². The van der Waals surface area contributed by atoms with Crippen LogP contribution in [0.5, 0.6) is 0 Å². The van der Waals surface area contributed by atoms with E-state index in [-0.39, 0.29) is 5.91 Å². The topological polar surface area (TPSA) is 56.7 Å². The Morgan fingerprint density at radius 2 is 1.78 bits per heavy atom. The van der Waals surface area contributed by atoms with E-state index in [1.807, 2.05) is 35.2 Å². The van der Waals surface area contributed by atoms with Gasteiger partial charge in [0.25, 0.3) is 0 Å². The monoisotopic (exact) mass is 384 g/mol. The molecule has 0 aliphatic carbocycles. The summed E-state index contributed by atoms with van der Waals surface area (Å²) in [6.45, 7) is 2.90. The number of benzene rings is 2. The van der Waals surface area contributed by atoms with Crippen LogP contribution in [0.25, 0.3) is 0 Å². The Balaban J connectivity index is 1.51. The molecule has 1 fully saturated rings. The lowest BCUT2D eigenvalue weighted by Gasteiger charge is -2.16. The van der Waals surface area contributed by atoms with Crippen LogP contribution < -0.4 is 10.6 Å². The standard InChI is InChI=1S/C21H25ClN4O/c1-23-21(24-13-16-7-9-19(22)10-8-16)25-14-17-4-2-5-18(12-17)15-26-11-3-6-20(26)27/h2,4-5,7-10,12H,3,6,11,13-15H2,1H3,(H2,23,24,25). The number of carbonyl (C=O) groups is 1. The summed E-state index contributed by atoms with van der Waals surface area (Å²) in [4.78, 5) is 18.0. The van der Waals surface area contributed by atoms with Crippen molar-refractivity contribution in [3.05, 3.63) is 70.2 Å². The van der Waals surface area contributed by atoms with Crippen molar-refractivity contribution in [3.8, 4) is 0 Å². The highest BCUT2D eigenvalue weighted by molar-refractivity contribution is 6.30. The summed E-state index contributed by atoms with van der Waals surface area (Å²) in [6.07, 6.45) is 1.65. The van der Waals surface area contributed by atoms with Crippen molar-refractivity contribution >= 4 is 23.5 Å². The molecule has 1 heterocycles. The molecule has 2 N–H and O–H groups in total. The summed E-state index contributed by atoms with van der Waals surface area (Å²) < 4.78 is 0. The molecule has 0 atom stereocenters. The van der Waals surface area contributed by atoms with Crippen LogP contribution in [0, 0.1) is 0 Å². The average molecular weight is 385 g/mol. The Hall–Kier alpha value is -2.53. The Morgan fingerprint density at radius 3 is 2.44 bits per heavy atom. The van der Waals surface area contributed by atoms with Crippen LogP contribution in [0.2, 0.25) is 5.02 Å². The SMILES string of the molecule is CN=C(NCc1ccc(Cl)cc1)NCc1cccc(CN2CCCC2=O)c1. The van der Waals surface area contributed by atoms with Gasteiger partial charge in [-0.15, -0.1) is 0 Å². The molecule has 1 amide bonds. The minimum Gasteiger partial charge on any atom is -0.352 e. The zero-order valence-electron chi connectivity index (χ0n) is 15.5. The summed E-state index contributed by atoms with van der Waals surface area (Å²) in [6, 6.07) is 16.1. The van der Waals surface area contributed by atoms with E-state index >= 15 is 0 Å². The Kier molecular flexibility index (Phi) is 6.71. The Labute approximate surface area is 165 Å². The molecule has 1 aliphatic heterocycles. The van der Waals surface area contributed by atoms with E-state index in [0.29, 0.717) is 26.1 Å². The molecule has 2 aromatic carbocycles. The van der Waals surface area contributed by atoms with Crippen molar-refractivity contribution in [2.75, 3.05) is 13.6 Å². The van der Waals surface area contributed by atoms with Gasteiger partial charge in [0, 0.05) is 44.7 Å². The van der Waals surface area contributed by atoms with Crippen molar-refractivity contribution < 1.29 is 4.79 Å². The van der Waals surface area contributed by atoms with Gasteiger partial charge in [-0.05, 0) is 35.2 Å². The largest absolute Gasteiger partial charge is 0.352 e. The van der Waals surface area contributed by atoms with Gasteiger partial charge in [0.2, 0.25) is 5.91 Å². The van der Waals surface area contributed by atoms with Crippen LogP contribution in [-0.4, -0.2) is 30.4 Å². The van der Waals surface area contributed by atoms with E-state index in [9.17, 15) is 4.79 Å². The molecule has 27 heavy (non-hydrogen) atoms. The van der Waals surface area contributed by atoms with Gasteiger partial charge in [-0.3, -0.25) is 9.79 Å². The van der Waals surface area contributed by atoms with Crippen molar-refractivity contribution in [3.63, 3.8) is 0 Å². The van der Waals surface area contributed by atoms with Gasteiger partial charge in [-0.2, -0.15) is 0 Å². The first-order chi connectivity index (χ1) is 13.1. The molecule has 142 valence electrons. The third kappa shape index (κ3) is 5.73. The second-order valence-corrected chi connectivity index (χ2v) is 7.08. The molecule has 1 saturated heterocycles. The third-order valence-corrected chi connectivity index (χ3v) is 4.84. The first kappa shape index (κ1) is 19.2. The lowest BCUT2D eigenvalue weighted by atomic mass is 10.1. The average Bonchev–Trinajstić information content (AvgIpc) is 3.08. The zero-order chi connectivity index (χ0) is 19.1. The smallest absolute Gasteiger partial charge is 0.222 e. The van der Waals surface area contributed by atoms with Gasteiger partial charge < -0.3 is 15.5 Å². The predicted molar refractivity (Wildman–Crippen MR) is 110 cm³/mol. The maximum Gasteiger partial charge on any atom is 0.222 e. The minimum absolute atomic E-state index is 0.255. The first-order valence-electron chi connectivity index (χ1n) is 9.18. The summed E-state index contributed by atoms with van der Waals surface area (Å²) in [5, 5.41) is 7.36. The van der Waals surface area contributed by atoms with Crippen molar-refractivity contribution in [2.24, 2.45) is 4.99 Å².